The molecule has 14 rings (SSSR count). The van der Waals surface area contributed by atoms with Crippen LogP contribution in [0.1, 0.15) is 176 Å². The highest BCUT2D eigenvalue weighted by Crippen LogP contribution is 2.63. The van der Waals surface area contributed by atoms with E-state index in [-0.39, 0.29) is 44.9 Å². The van der Waals surface area contributed by atoms with Crippen LogP contribution in [-0.2, 0) is 27.1 Å². The molecule has 416 valence electrons. The molecule has 0 N–H and O–H groups in total. The molecule has 2 saturated carbocycles. The fourth-order valence-corrected chi connectivity index (χ4v) is 16.8. The largest absolute Gasteiger partial charge is 0.334 e. The van der Waals surface area contributed by atoms with Crippen LogP contribution in [-0.4, -0.2) is 17.8 Å². The lowest BCUT2D eigenvalue weighted by molar-refractivity contribution is 0.195. The van der Waals surface area contributed by atoms with E-state index in [1.54, 1.807) is 0 Å². The molecule has 0 bridgehead atoms. The van der Waals surface area contributed by atoms with Crippen LogP contribution in [0.5, 0.6) is 0 Å². The summed E-state index contributed by atoms with van der Waals surface area (Å²) >= 11 is 0. The molecule has 4 heterocycles. The molecule has 8 aromatic carbocycles. The smallest absolute Gasteiger partial charge is 0.252 e. The normalized spacial score (nSPS) is 23.5. The van der Waals surface area contributed by atoms with E-state index in [0.29, 0.717) is 0 Å². The van der Waals surface area contributed by atoms with Gasteiger partial charge in [-0.15, -0.1) is 0 Å². The Hall–Kier alpha value is -6.98. The van der Waals surface area contributed by atoms with E-state index < -0.39 is 0 Å². The highest BCUT2D eigenvalue weighted by atomic mass is 15.3. The summed E-state index contributed by atoms with van der Waals surface area (Å²) in [6.45, 7) is 31.5. The summed E-state index contributed by atoms with van der Waals surface area (Å²) in [5, 5.41) is 0. The molecular formula is C77H85BN4. The molecule has 2 fully saturated rings. The zero-order valence-corrected chi connectivity index (χ0v) is 51.4. The summed E-state index contributed by atoms with van der Waals surface area (Å²) in [4.78, 5) is 11.0. The third-order valence-corrected chi connectivity index (χ3v) is 21.9. The van der Waals surface area contributed by atoms with Gasteiger partial charge in [0.2, 0.25) is 0 Å². The number of rotatable bonds is 5. The Kier molecular flexibility index (Phi) is 11.8. The molecule has 0 spiro atoms. The standard InChI is InChI=1S/C77H85BN4/c1-71(2,3)52-32-36-55(37-33-52)79-66-41-38-56(81-64-30-20-18-28-59(64)74(10)42-22-15-23-44-76(74,81)12)48-62(66)78-61-47-54(73(7,8)9)35-40-67(61)80(63-39-34-53(72(4,5)6)46-58(63)51-26-16-14-17-27-51)69-50-57(49-68(79)70(69)78)82-65-31-21-19-29-60(65)75(11)43-24-25-45-77(75,82)13/h14,16-21,26-41,46-50H,15,22-25,42-45H2,1-13H3. The summed E-state index contributed by atoms with van der Waals surface area (Å²) < 4.78 is 0. The van der Waals surface area contributed by atoms with Crippen LogP contribution >= 0.6 is 0 Å². The molecule has 2 aliphatic carbocycles. The van der Waals surface area contributed by atoms with Gasteiger partial charge in [-0.05, 0) is 178 Å². The number of anilines is 10. The molecule has 5 heteroatoms. The van der Waals surface area contributed by atoms with Crippen LogP contribution in [0.25, 0.3) is 11.1 Å². The third kappa shape index (κ3) is 7.62. The fraction of sp³-hybridized carbons (Fsp3) is 0.377. The lowest BCUT2D eigenvalue weighted by Gasteiger charge is -2.51. The molecule has 4 atom stereocenters. The van der Waals surface area contributed by atoms with Gasteiger partial charge >= 0.3 is 0 Å². The first-order valence-electron chi connectivity index (χ1n) is 31.2. The van der Waals surface area contributed by atoms with E-state index in [2.05, 4.69) is 279 Å². The number of nitrogens with zero attached hydrogens (tertiary/aromatic N) is 4. The van der Waals surface area contributed by atoms with Crippen molar-refractivity contribution >= 4 is 80.0 Å². The summed E-state index contributed by atoms with van der Waals surface area (Å²) in [7, 11) is 0. The SMILES string of the molecule is CC(C)(C)c1ccc(N2c3ccc(N4c5ccccc5C5(C)CCCCCC45C)cc3B3c4cc(C(C)(C)C)ccc4N(c4ccc(C(C)(C)C)cc4-c4ccccc4)c4cc(N5c6ccccc6C6(C)CCCCC56C)cc2c43)cc1. The number of fused-ring (bicyclic) bond motifs is 10. The summed E-state index contributed by atoms with van der Waals surface area (Å²) in [6, 6.07) is 67.6. The van der Waals surface area contributed by atoms with Crippen molar-refractivity contribution in [2.45, 2.75) is 186 Å². The number of para-hydroxylation sites is 2. The topological polar surface area (TPSA) is 13.0 Å². The van der Waals surface area contributed by atoms with Gasteiger partial charge in [-0.3, -0.25) is 0 Å². The number of benzene rings is 8. The van der Waals surface area contributed by atoms with Gasteiger partial charge in [0, 0.05) is 67.6 Å². The molecule has 0 amide bonds. The van der Waals surface area contributed by atoms with Crippen molar-refractivity contribution in [1.29, 1.82) is 0 Å². The lowest BCUT2D eigenvalue weighted by Crippen LogP contribution is -2.62. The lowest BCUT2D eigenvalue weighted by atomic mass is 9.33. The van der Waals surface area contributed by atoms with Gasteiger partial charge in [-0.1, -0.05) is 205 Å². The van der Waals surface area contributed by atoms with Gasteiger partial charge in [-0.2, -0.15) is 0 Å². The van der Waals surface area contributed by atoms with Crippen LogP contribution < -0.4 is 36.0 Å². The van der Waals surface area contributed by atoms with Crippen molar-refractivity contribution in [2.75, 3.05) is 19.6 Å². The highest BCUT2D eigenvalue weighted by molar-refractivity contribution is 7.00. The maximum absolute atomic E-state index is 2.82. The Morgan fingerprint density at radius 2 is 0.805 bits per heavy atom. The first kappa shape index (κ1) is 53.1. The molecule has 4 aliphatic heterocycles. The molecule has 0 aromatic heterocycles. The molecular weight excluding hydrogens is 992 g/mol. The summed E-state index contributed by atoms with van der Waals surface area (Å²) in [5.41, 5.74) is 25.9. The molecule has 4 unspecified atom stereocenters. The Morgan fingerprint density at radius 1 is 0.354 bits per heavy atom. The Bertz CT molecular complexity index is 3860. The minimum Gasteiger partial charge on any atom is -0.334 e. The van der Waals surface area contributed by atoms with Crippen LogP contribution in [0.4, 0.5) is 56.9 Å². The monoisotopic (exact) mass is 1080 g/mol. The van der Waals surface area contributed by atoms with E-state index in [1.807, 2.05) is 0 Å². The van der Waals surface area contributed by atoms with Crippen LogP contribution in [0, 0.1) is 0 Å². The van der Waals surface area contributed by atoms with Gasteiger partial charge in [0.1, 0.15) is 0 Å². The third-order valence-electron chi connectivity index (χ3n) is 21.9. The fourth-order valence-electron chi connectivity index (χ4n) is 16.8. The molecule has 6 aliphatic rings. The van der Waals surface area contributed by atoms with Crippen molar-refractivity contribution in [3.05, 3.63) is 198 Å². The van der Waals surface area contributed by atoms with Gasteiger partial charge in [0.05, 0.1) is 16.8 Å². The highest BCUT2D eigenvalue weighted by Gasteiger charge is 2.59. The maximum atomic E-state index is 2.82. The molecule has 0 radical (unpaired) electrons. The van der Waals surface area contributed by atoms with Crippen molar-refractivity contribution in [3.63, 3.8) is 0 Å². The Labute approximate surface area is 491 Å². The zero-order valence-electron chi connectivity index (χ0n) is 51.4. The average molecular weight is 1080 g/mol. The van der Waals surface area contributed by atoms with E-state index in [4.69, 9.17) is 0 Å². The van der Waals surface area contributed by atoms with Crippen molar-refractivity contribution in [3.8, 4) is 11.1 Å². The minimum atomic E-state index is -0.146. The van der Waals surface area contributed by atoms with Gasteiger partial charge in [-0.25, -0.2) is 0 Å². The summed E-state index contributed by atoms with van der Waals surface area (Å²) in [6.07, 6.45) is 10.9. The van der Waals surface area contributed by atoms with Crippen LogP contribution in [0.3, 0.4) is 0 Å². The molecule has 0 saturated heterocycles. The van der Waals surface area contributed by atoms with Crippen molar-refractivity contribution in [2.24, 2.45) is 0 Å². The van der Waals surface area contributed by atoms with Crippen molar-refractivity contribution < 1.29 is 0 Å². The minimum absolute atomic E-state index is 0.00521. The molecule has 82 heavy (non-hydrogen) atoms. The quantitative estimate of drug-likeness (QED) is 0.159. The predicted molar refractivity (Wildman–Crippen MR) is 352 cm³/mol. The van der Waals surface area contributed by atoms with Crippen LogP contribution in [0.15, 0.2) is 170 Å². The first-order valence-corrected chi connectivity index (χ1v) is 31.2. The van der Waals surface area contributed by atoms with E-state index in [0.717, 1.165) is 12.8 Å². The second-order valence-corrected chi connectivity index (χ2v) is 29.6. The summed E-state index contributed by atoms with van der Waals surface area (Å²) in [5.74, 6) is 0. The Balaban J connectivity index is 1.12. The van der Waals surface area contributed by atoms with Crippen LogP contribution in [0.2, 0.25) is 0 Å². The number of hydrogen-bond donors (Lipinski definition) is 0. The average Bonchev–Trinajstić information content (AvgIpc) is 1.50. The van der Waals surface area contributed by atoms with E-state index in [1.165, 1.54) is 157 Å². The molecule has 8 aromatic rings. The predicted octanol–water partition coefficient (Wildman–Crippen LogP) is 19.2. The zero-order chi connectivity index (χ0) is 57.1. The van der Waals surface area contributed by atoms with Gasteiger partial charge in [0.25, 0.3) is 6.71 Å². The molecule has 4 nitrogen and oxygen atoms in total. The van der Waals surface area contributed by atoms with E-state index >= 15 is 0 Å². The van der Waals surface area contributed by atoms with Gasteiger partial charge < -0.3 is 19.6 Å². The second kappa shape index (κ2) is 18.3. The van der Waals surface area contributed by atoms with Gasteiger partial charge in [0.15, 0.2) is 0 Å². The van der Waals surface area contributed by atoms with Crippen molar-refractivity contribution in [1.82, 2.24) is 0 Å². The maximum Gasteiger partial charge on any atom is 0.252 e. The van der Waals surface area contributed by atoms with E-state index in [9.17, 15) is 0 Å². The second-order valence-electron chi connectivity index (χ2n) is 29.6. The first-order chi connectivity index (χ1) is 39.0. The number of hydrogen-bond acceptors (Lipinski definition) is 4. The Morgan fingerprint density at radius 3 is 1.41 bits per heavy atom.